The van der Waals surface area contributed by atoms with Crippen molar-refractivity contribution < 1.29 is 13.9 Å². The van der Waals surface area contributed by atoms with Crippen LogP contribution < -0.4 is 0 Å². The Kier molecular flexibility index (Phi) is 5.00. The van der Waals surface area contributed by atoms with Gasteiger partial charge in [-0.3, -0.25) is 4.79 Å². The molecule has 0 fully saturated rings. The van der Waals surface area contributed by atoms with Crippen molar-refractivity contribution in [1.29, 1.82) is 0 Å². The Morgan fingerprint density at radius 3 is 2.41 bits per heavy atom. The maximum atomic E-state index is 12.6. The van der Waals surface area contributed by atoms with Crippen molar-refractivity contribution in [1.82, 2.24) is 0 Å². The summed E-state index contributed by atoms with van der Waals surface area (Å²) in [7, 11) is 0. The van der Waals surface area contributed by atoms with E-state index in [4.69, 9.17) is 4.74 Å². The smallest absolute Gasteiger partial charge is 0.316 e. The lowest BCUT2D eigenvalue weighted by molar-refractivity contribution is -0.151. The van der Waals surface area contributed by atoms with Gasteiger partial charge < -0.3 is 4.74 Å². The lowest BCUT2D eigenvalue weighted by Crippen LogP contribution is -2.24. The fourth-order valence-electron chi connectivity index (χ4n) is 1.20. The van der Waals surface area contributed by atoms with Gasteiger partial charge >= 0.3 is 5.97 Å². The summed E-state index contributed by atoms with van der Waals surface area (Å²) in [6, 6.07) is 6.28. The zero-order valence-corrected chi connectivity index (χ0v) is 11.1. The molecular formula is C13H17FO2S. The van der Waals surface area contributed by atoms with E-state index < -0.39 is 5.60 Å². The number of ether oxygens (including phenoxy) is 1. The predicted octanol–water partition coefficient (Wildman–Crippen LogP) is 3.40. The third kappa shape index (κ3) is 6.31. The number of esters is 1. The zero-order chi connectivity index (χ0) is 12.9. The summed E-state index contributed by atoms with van der Waals surface area (Å²) in [5, 5.41) is 0. The van der Waals surface area contributed by atoms with Gasteiger partial charge in [0, 0.05) is 5.75 Å². The van der Waals surface area contributed by atoms with E-state index >= 15 is 0 Å². The molecule has 0 heterocycles. The number of hydrogen-bond donors (Lipinski definition) is 0. The van der Waals surface area contributed by atoms with Gasteiger partial charge in [-0.2, -0.15) is 0 Å². The van der Waals surface area contributed by atoms with E-state index in [0.29, 0.717) is 11.5 Å². The molecule has 2 nitrogen and oxygen atoms in total. The summed E-state index contributed by atoms with van der Waals surface area (Å²) in [5.74, 6) is 0.532. The van der Waals surface area contributed by atoms with Gasteiger partial charge in [-0.05, 0) is 38.5 Å². The van der Waals surface area contributed by atoms with Gasteiger partial charge in [-0.1, -0.05) is 12.1 Å². The number of rotatable bonds is 4. The van der Waals surface area contributed by atoms with E-state index in [9.17, 15) is 9.18 Å². The van der Waals surface area contributed by atoms with Crippen LogP contribution in [0.25, 0.3) is 0 Å². The zero-order valence-electron chi connectivity index (χ0n) is 10.3. The molecule has 0 saturated heterocycles. The fraction of sp³-hybridized carbons (Fsp3) is 0.462. The largest absolute Gasteiger partial charge is 0.459 e. The van der Waals surface area contributed by atoms with Crippen LogP contribution in [-0.2, 0) is 15.3 Å². The van der Waals surface area contributed by atoms with Gasteiger partial charge in [0.25, 0.3) is 0 Å². The molecule has 0 atom stereocenters. The number of halogens is 1. The number of carbonyl (C=O) groups is 1. The third-order valence-corrected chi connectivity index (χ3v) is 2.80. The van der Waals surface area contributed by atoms with E-state index in [1.807, 2.05) is 20.8 Å². The Morgan fingerprint density at radius 1 is 1.29 bits per heavy atom. The van der Waals surface area contributed by atoms with Crippen LogP contribution in [0, 0.1) is 5.82 Å². The minimum atomic E-state index is -0.437. The second-order valence-corrected chi connectivity index (χ2v) is 5.69. The topological polar surface area (TPSA) is 26.3 Å². The molecule has 1 aromatic carbocycles. The predicted molar refractivity (Wildman–Crippen MR) is 68.4 cm³/mol. The highest BCUT2D eigenvalue weighted by Gasteiger charge is 2.15. The molecular weight excluding hydrogens is 239 g/mol. The first-order valence-electron chi connectivity index (χ1n) is 5.41. The van der Waals surface area contributed by atoms with Crippen LogP contribution in [0.2, 0.25) is 0 Å². The van der Waals surface area contributed by atoms with Gasteiger partial charge in [0.15, 0.2) is 0 Å². The summed E-state index contributed by atoms with van der Waals surface area (Å²) >= 11 is 1.46. The standard InChI is InChI=1S/C13H17FO2S/c1-13(2,3)16-12(15)9-17-8-10-4-6-11(14)7-5-10/h4-7H,8-9H2,1-3H3. The summed E-state index contributed by atoms with van der Waals surface area (Å²) in [4.78, 5) is 11.4. The van der Waals surface area contributed by atoms with Crippen LogP contribution in [-0.4, -0.2) is 17.3 Å². The monoisotopic (exact) mass is 256 g/mol. The minimum Gasteiger partial charge on any atom is -0.459 e. The van der Waals surface area contributed by atoms with Crippen molar-refractivity contribution in [2.45, 2.75) is 32.1 Å². The number of carbonyl (C=O) groups excluding carboxylic acids is 1. The van der Waals surface area contributed by atoms with Crippen molar-refractivity contribution in [3.05, 3.63) is 35.6 Å². The highest BCUT2D eigenvalue weighted by atomic mass is 32.2. The molecule has 94 valence electrons. The Balaban J connectivity index is 2.28. The van der Waals surface area contributed by atoms with E-state index in [0.717, 1.165) is 5.56 Å². The molecule has 0 aliphatic carbocycles. The molecule has 0 amide bonds. The quantitative estimate of drug-likeness (QED) is 0.772. The summed E-state index contributed by atoms with van der Waals surface area (Å²) in [6.45, 7) is 5.53. The lowest BCUT2D eigenvalue weighted by Gasteiger charge is -2.19. The van der Waals surface area contributed by atoms with Crippen molar-refractivity contribution in [2.24, 2.45) is 0 Å². The van der Waals surface area contributed by atoms with E-state index in [-0.39, 0.29) is 11.8 Å². The van der Waals surface area contributed by atoms with Gasteiger partial charge in [-0.15, -0.1) is 11.8 Å². The molecule has 0 N–H and O–H groups in total. The van der Waals surface area contributed by atoms with Crippen LogP contribution in [0.15, 0.2) is 24.3 Å². The Bertz CT molecular complexity index is 368. The van der Waals surface area contributed by atoms with Crippen LogP contribution >= 0.6 is 11.8 Å². The molecule has 17 heavy (non-hydrogen) atoms. The molecule has 1 rings (SSSR count). The van der Waals surface area contributed by atoms with E-state index in [1.165, 1.54) is 23.9 Å². The number of hydrogen-bond acceptors (Lipinski definition) is 3. The van der Waals surface area contributed by atoms with Gasteiger partial charge in [0.1, 0.15) is 11.4 Å². The summed E-state index contributed by atoms with van der Waals surface area (Å²) in [5.41, 5.74) is 0.563. The molecule has 0 radical (unpaired) electrons. The Labute approximate surface area is 106 Å². The van der Waals surface area contributed by atoms with Crippen molar-refractivity contribution in [3.63, 3.8) is 0 Å². The van der Waals surface area contributed by atoms with E-state index in [1.54, 1.807) is 12.1 Å². The normalized spacial score (nSPS) is 11.3. The first-order valence-corrected chi connectivity index (χ1v) is 6.56. The molecule has 4 heteroatoms. The number of thioether (sulfide) groups is 1. The Hall–Kier alpha value is -1.03. The highest BCUT2D eigenvalue weighted by Crippen LogP contribution is 2.15. The first kappa shape index (κ1) is 14.0. The maximum Gasteiger partial charge on any atom is 0.316 e. The van der Waals surface area contributed by atoms with Crippen LogP contribution in [0.3, 0.4) is 0 Å². The summed E-state index contributed by atoms with van der Waals surface area (Å²) in [6.07, 6.45) is 0. The van der Waals surface area contributed by atoms with Gasteiger partial charge in [0.2, 0.25) is 0 Å². The van der Waals surface area contributed by atoms with Gasteiger partial charge in [-0.25, -0.2) is 4.39 Å². The fourth-order valence-corrected chi connectivity index (χ4v) is 1.96. The lowest BCUT2D eigenvalue weighted by atomic mass is 10.2. The molecule has 0 unspecified atom stereocenters. The SMILES string of the molecule is CC(C)(C)OC(=O)CSCc1ccc(F)cc1. The molecule has 0 aliphatic heterocycles. The molecule has 0 bridgehead atoms. The highest BCUT2D eigenvalue weighted by molar-refractivity contribution is 7.99. The summed E-state index contributed by atoms with van der Waals surface area (Å²) < 4.78 is 17.8. The second-order valence-electron chi connectivity index (χ2n) is 4.71. The molecule has 1 aromatic rings. The average Bonchev–Trinajstić information content (AvgIpc) is 2.18. The average molecular weight is 256 g/mol. The van der Waals surface area contributed by atoms with Gasteiger partial charge in [0.05, 0.1) is 5.75 Å². The van der Waals surface area contributed by atoms with Crippen molar-refractivity contribution in [2.75, 3.05) is 5.75 Å². The van der Waals surface area contributed by atoms with Crippen molar-refractivity contribution >= 4 is 17.7 Å². The molecule has 0 aliphatic rings. The molecule has 0 spiro atoms. The number of benzene rings is 1. The van der Waals surface area contributed by atoms with Crippen LogP contribution in [0.1, 0.15) is 26.3 Å². The maximum absolute atomic E-state index is 12.6. The van der Waals surface area contributed by atoms with Crippen LogP contribution in [0.5, 0.6) is 0 Å². The van der Waals surface area contributed by atoms with Crippen molar-refractivity contribution in [3.8, 4) is 0 Å². The molecule has 0 aromatic heterocycles. The first-order chi connectivity index (χ1) is 7.87. The molecule has 0 saturated carbocycles. The minimum absolute atomic E-state index is 0.218. The van der Waals surface area contributed by atoms with Crippen LogP contribution in [0.4, 0.5) is 4.39 Å². The van der Waals surface area contributed by atoms with E-state index in [2.05, 4.69) is 0 Å². The second kappa shape index (κ2) is 6.05. The Morgan fingerprint density at radius 2 is 1.88 bits per heavy atom. The third-order valence-electron chi connectivity index (χ3n) is 1.82.